The van der Waals surface area contributed by atoms with Crippen molar-refractivity contribution >= 4 is 22.9 Å². The fourth-order valence-corrected chi connectivity index (χ4v) is 1.99. The molecule has 2 heterocycles. The van der Waals surface area contributed by atoms with Crippen molar-refractivity contribution in [3.63, 3.8) is 0 Å². The molecule has 0 aliphatic rings. The maximum atomic E-state index is 11.8. The van der Waals surface area contributed by atoms with Gasteiger partial charge in [0.1, 0.15) is 5.69 Å². The Hall–Kier alpha value is -1.88. The summed E-state index contributed by atoms with van der Waals surface area (Å²) in [5, 5.41) is 2.50. The Morgan fingerprint density at radius 3 is 2.53 bits per heavy atom. The highest BCUT2D eigenvalue weighted by Crippen LogP contribution is 2.11. The van der Waals surface area contributed by atoms with Crippen LogP contribution < -0.4 is 0 Å². The van der Waals surface area contributed by atoms with Gasteiger partial charge >= 0.3 is 0 Å². The van der Waals surface area contributed by atoms with E-state index < -0.39 is 0 Å². The zero-order chi connectivity index (χ0) is 12.3. The standard InChI is InChI=1S/C12H10N2O2S/c1-8-14-10(7-17-8)12(16)6-11(15)9-2-4-13-5-3-9/h2-5,7H,6H2,1H3. The number of thiazole rings is 1. The van der Waals surface area contributed by atoms with Gasteiger partial charge in [0.25, 0.3) is 0 Å². The van der Waals surface area contributed by atoms with E-state index in [9.17, 15) is 9.59 Å². The Morgan fingerprint density at radius 1 is 1.24 bits per heavy atom. The summed E-state index contributed by atoms with van der Waals surface area (Å²) in [5.41, 5.74) is 0.871. The molecule has 2 rings (SSSR count). The number of hydrogen-bond acceptors (Lipinski definition) is 5. The summed E-state index contributed by atoms with van der Waals surface area (Å²) in [6.45, 7) is 1.83. The Morgan fingerprint density at radius 2 is 1.94 bits per heavy atom. The average Bonchev–Trinajstić information content (AvgIpc) is 2.77. The summed E-state index contributed by atoms with van der Waals surface area (Å²) in [7, 11) is 0. The van der Waals surface area contributed by atoms with Crippen LogP contribution in [0.4, 0.5) is 0 Å². The first-order valence-electron chi connectivity index (χ1n) is 5.05. The van der Waals surface area contributed by atoms with E-state index in [2.05, 4.69) is 9.97 Å². The summed E-state index contributed by atoms with van der Waals surface area (Å²) < 4.78 is 0. The normalized spacial score (nSPS) is 10.2. The molecule has 0 atom stereocenters. The van der Waals surface area contributed by atoms with Gasteiger partial charge in [-0.25, -0.2) is 4.98 Å². The molecule has 0 bridgehead atoms. The van der Waals surface area contributed by atoms with Crippen molar-refractivity contribution in [2.75, 3.05) is 0 Å². The lowest BCUT2D eigenvalue weighted by atomic mass is 10.1. The minimum Gasteiger partial charge on any atom is -0.294 e. The number of hydrogen-bond donors (Lipinski definition) is 0. The van der Waals surface area contributed by atoms with E-state index in [1.165, 1.54) is 23.7 Å². The van der Waals surface area contributed by atoms with Crippen molar-refractivity contribution in [2.24, 2.45) is 0 Å². The van der Waals surface area contributed by atoms with Gasteiger partial charge in [0, 0.05) is 23.3 Å². The number of carbonyl (C=O) groups excluding carboxylic acids is 2. The predicted molar refractivity (Wildman–Crippen MR) is 64.4 cm³/mol. The van der Waals surface area contributed by atoms with Gasteiger partial charge in [-0.1, -0.05) is 0 Å². The number of pyridine rings is 1. The second-order valence-electron chi connectivity index (χ2n) is 3.51. The molecule has 86 valence electrons. The van der Waals surface area contributed by atoms with Gasteiger partial charge in [0.15, 0.2) is 11.6 Å². The summed E-state index contributed by atoms with van der Waals surface area (Å²) in [6, 6.07) is 3.20. The van der Waals surface area contributed by atoms with Gasteiger partial charge in [-0.3, -0.25) is 14.6 Å². The number of carbonyl (C=O) groups is 2. The highest BCUT2D eigenvalue weighted by molar-refractivity contribution is 7.09. The van der Waals surface area contributed by atoms with Crippen LogP contribution in [-0.4, -0.2) is 21.5 Å². The quantitative estimate of drug-likeness (QED) is 0.613. The smallest absolute Gasteiger partial charge is 0.189 e. The van der Waals surface area contributed by atoms with Crippen molar-refractivity contribution < 1.29 is 9.59 Å². The van der Waals surface area contributed by atoms with E-state index in [4.69, 9.17) is 0 Å². The topological polar surface area (TPSA) is 59.9 Å². The second kappa shape index (κ2) is 4.97. The van der Waals surface area contributed by atoms with Crippen LogP contribution in [-0.2, 0) is 0 Å². The molecule has 0 aromatic carbocycles. The minimum atomic E-state index is -0.240. The molecule has 0 aliphatic heterocycles. The zero-order valence-electron chi connectivity index (χ0n) is 9.21. The maximum Gasteiger partial charge on any atom is 0.189 e. The molecule has 0 radical (unpaired) electrons. The first kappa shape index (κ1) is 11.6. The molecular weight excluding hydrogens is 236 g/mol. The molecular formula is C12H10N2O2S. The van der Waals surface area contributed by atoms with Crippen LogP contribution >= 0.6 is 11.3 Å². The molecule has 0 saturated heterocycles. The van der Waals surface area contributed by atoms with Crippen LogP contribution in [0.25, 0.3) is 0 Å². The van der Waals surface area contributed by atoms with Gasteiger partial charge in [-0.2, -0.15) is 0 Å². The first-order valence-corrected chi connectivity index (χ1v) is 5.93. The predicted octanol–water partition coefficient (Wildman–Crippen LogP) is 2.30. The Bertz CT molecular complexity index is 549. The average molecular weight is 246 g/mol. The summed E-state index contributed by atoms with van der Waals surface area (Å²) in [5.74, 6) is -0.445. The van der Waals surface area contributed by atoms with Crippen molar-refractivity contribution in [3.05, 3.63) is 46.2 Å². The molecule has 5 heteroatoms. The molecule has 4 nitrogen and oxygen atoms in total. The van der Waals surface area contributed by atoms with Gasteiger partial charge in [0.2, 0.25) is 0 Å². The monoisotopic (exact) mass is 246 g/mol. The van der Waals surface area contributed by atoms with E-state index in [1.54, 1.807) is 17.5 Å². The van der Waals surface area contributed by atoms with E-state index in [1.807, 2.05) is 6.92 Å². The first-order chi connectivity index (χ1) is 8.16. The second-order valence-corrected chi connectivity index (χ2v) is 4.57. The van der Waals surface area contributed by atoms with Crippen LogP contribution in [0.2, 0.25) is 0 Å². The van der Waals surface area contributed by atoms with E-state index in [-0.39, 0.29) is 18.0 Å². The Balaban J connectivity index is 2.07. The third-order valence-corrected chi connectivity index (χ3v) is 3.00. The number of rotatable bonds is 4. The molecule has 2 aromatic heterocycles. The van der Waals surface area contributed by atoms with E-state index in [0.29, 0.717) is 11.3 Å². The molecule has 0 N–H and O–H groups in total. The lowest BCUT2D eigenvalue weighted by Gasteiger charge is -1.98. The lowest BCUT2D eigenvalue weighted by Crippen LogP contribution is -2.09. The largest absolute Gasteiger partial charge is 0.294 e. The molecule has 0 aliphatic carbocycles. The van der Waals surface area contributed by atoms with E-state index >= 15 is 0 Å². The number of aromatic nitrogens is 2. The number of nitrogens with zero attached hydrogens (tertiary/aromatic N) is 2. The Labute approximate surface area is 102 Å². The third kappa shape index (κ3) is 2.82. The SMILES string of the molecule is Cc1nc(C(=O)CC(=O)c2ccncc2)cs1. The number of aryl methyl sites for hydroxylation is 1. The third-order valence-electron chi connectivity index (χ3n) is 2.23. The van der Waals surface area contributed by atoms with Crippen LogP contribution in [0.3, 0.4) is 0 Å². The molecule has 2 aromatic rings. The molecule has 0 fully saturated rings. The summed E-state index contributed by atoms with van der Waals surface area (Å²) in [6.07, 6.45) is 2.92. The number of Topliss-reactive ketones (excluding diaryl/α,β-unsaturated/α-hetero) is 2. The number of ketones is 2. The van der Waals surface area contributed by atoms with Crippen molar-refractivity contribution in [2.45, 2.75) is 13.3 Å². The van der Waals surface area contributed by atoms with Gasteiger partial charge < -0.3 is 0 Å². The minimum absolute atomic E-state index is 0.146. The molecule has 0 unspecified atom stereocenters. The zero-order valence-corrected chi connectivity index (χ0v) is 10.0. The van der Waals surface area contributed by atoms with Gasteiger partial charge in [-0.15, -0.1) is 11.3 Å². The highest BCUT2D eigenvalue weighted by Gasteiger charge is 2.15. The van der Waals surface area contributed by atoms with Gasteiger partial charge in [-0.05, 0) is 19.1 Å². The van der Waals surface area contributed by atoms with Gasteiger partial charge in [0.05, 0.1) is 11.4 Å². The lowest BCUT2D eigenvalue weighted by molar-refractivity contribution is 0.0891. The fourth-order valence-electron chi connectivity index (χ4n) is 1.37. The van der Waals surface area contributed by atoms with Crippen LogP contribution in [0.5, 0.6) is 0 Å². The van der Waals surface area contributed by atoms with Crippen molar-refractivity contribution in [3.8, 4) is 0 Å². The van der Waals surface area contributed by atoms with Crippen LogP contribution in [0.15, 0.2) is 29.9 Å². The van der Waals surface area contributed by atoms with Crippen molar-refractivity contribution in [1.82, 2.24) is 9.97 Å². The highest BCUT2D eigenvalue weighted by atomic mass is 32.1. The molecule has 0 spiro atoms. The van der Waals surface area contributed by atoms with Crippen molar-refractivity contribution in [1.29, 1.82) is 0 Å². The molecule has 17 heavy (non-hydrogen) atoms. The fraction of sp³-hybridized carbons (Fsp3) is 0.167. The molecule has 0 amide bonds. The summed E-state index contributed by atoms with van der Waals surface area (Å²) >= 11 is 1.40. The van der Waals surface area contributed by atoms with E-state index in [0.717, 1.165) is 5.01 Å². The maximum absolute atomic E-state index is 11.8. The molecule has 0 saturated carbocycles. The van der Waals surface area contributed by atoms with Crippen LogP contribution in [0, 0.1) is 6.92 Å². The van der Waals surface area contributed by atoms with Crippen LogP contribution in [0.1, 0.15) is 32.3 Å². The Kier molecular flexibility index (Phi) is 3.39. The summed E-state index contributed by atoms with van der Waals surface area (Å²) in [4.78, 5) is 31.4.